The number of hydrogen-bond acceptors (Lipinski definition) is 3. The van der Waals surface area contributed by atoms with Crippen LogP contribution in [0.25, 0.3) is 0 Å². The molecule has 1 unspecified atom stereocenters. The molecule has 3 nitrogen and oxygen atoms in total. The van der Waals surface area contributed by atoms with Gasteiger partial charge in [-0.2, -0.15) is 0 Å². The zero-order valence-corrected chi connectivity index (χ0v) is 11.8. The highest BCUT2D eigenvalue weighted by Crippen LogP contribution is 2.40. The predicted molar refractivity (Wildman–Crippen MR) is 71.6 cm³/mol. The molecule has 4 heteroatoms. The largest absolute Gasteiger partial charge is 0.489 e. The number of benzene rings is 1. The van der Waals surface area contributed by atoms with Gasteiger partial charge in [0.25, 0.3) is 0 Å². The molecule has 100 valence electrons. The second-order valence-corrected chi connectivity index (χ2v) is 6.11. The topological polar surface area (TPSA) is 38.7 Å². The highest BCUT2D eigenvalue weighted by atomic mass is 35.5. The first-order valence-electron chi connectivity index (χ1n) is 6.13. The summed E-state index contributed by atoms with van der Waals surface area (Å²) in [5.74, 6) is 1.28. The van der Waals surface area contributed by atoms with E-state index >= 15 is 0 Å². The van der Waals surface area contributed by atoms with Gasteiger partial charge in [0.2, 0.25) is 0 Å². The third-order valence-corrected chi connectivity index (χ3v) is 3.11. The molecule has 2 rings (SSSR count). The average molecular weight is 271 g/mol. The van der Waals surface area contributed by atoms with Crippen molar-refractivity contribution in [3.63, 3.8) is 0 Å². The Morgan fingerprint density at radius 2 is 2.00 bits per heavy atom. The fraction of sp³-hybridized carbons (Fsp3) is 0.571. The van der Waals surface area contributed by atoms with Gasteiger partial charge in [-0.3, -0.25) is 0 Å². The number of ether oxygens (including phenoxy) is 2. The van der Waals surface area contributed by atoms with E-state index in [2.05, 4.69) is 13.8 Å². The molecule has 1 aromatic carbocycles. The molecule has 0 aliphatic carbocycles. The minimum atomic E-state index is -0.401. The molecule has 0 saturated heterocycles. The summed E-state index contributed by atoms with van der Waals surface area (Å²) in [4.78, 5) is 0. The Bertz CT molecular complexity index is 441. The van der Waals surface area contributed by atoms with E-state index < -0.39 is 6.10 Å². The number of aliphatic hydroxyl groups is 1. The molecule has 1 heterocycles. The summed E-state index contributed by atoms with van der Waals surface area (Å²) < 4.78 is 11.5. The van der Waals surface area contributed by atoms with Crippen LogP contribution in [-0.2, 0) is 6.42 Å². The monoisotopic (exact) mass is 270 g/mol. The Balaban J connectivity index is 2.31. The first kappa shape index (κ1) is 13.5. The zero-order chi connectivity index (χ0) is 13.3. The smallest absolute Gasteiger partial charge is 0.179 e. The van der Waals surface area contributed by atoms with Crippen LogP contribution < -0.4 is 9.47 Å². The van der Waals surface area contributed by atoms with Gasteiger partial charge >= 0.3 is 0 Å². The van der Waals surface area contributed by atoms with Crippen LogP contribution in [0.3, 0.4) is 0 Å². The van der Waals surface area contributed by atoms with Gasteiger partial charge in [0.05, 0.1) is 24.3 Å². The lowest BCUT2D eigenvalue weighted by molar-refractivity contribution is 0.140. The summed E-state index contributed by atoms with van der Waals surface area (Å²) in [5.41, 5.74) is 0.921. The second kappa shape index (κ2) is 4.98. The minimum absolute atomic E-state index is 0.0349. The van der Waals surface area contributed by atoms with Crippen molar-refractivity contribution < 1.29 is 14.6 Å². The molecule has 1 aliphatic rings. The molecule has 1 N–H and O–H groups in total. The number of hydrogen-bond donors (Lipinski definition) is 1. The standard InChI is InChI=1S/C14H19ClO3/c1-9(16)4-10-5-11(15)13-12(6-10)17-7-14(2,3)8-18-13/h5-6,9,16H,4,7-8H2,1-3H3. The molecule has 0 aromatic heterocycles. The fourth-order valence-corrected chi connectivity index (χ4v) is 2.20. The van der Waals surface area contributed by atoms with E-state index in [1.165, 1.54) is 0 Å². The Kier molecular flexibility index (Phi) is 3.74. The van der Waals surface area contributed by atoms with Crippen LogP contribution >= 0.6 is 11.6 Å². The normalized spacial score (nSPS) is 19.2. The SMILES string of the molecule is CC(O)Cc1cc(Cl)c2c(c1)OCC(C)(C)CO2. The Hall–Kier alpha value is -0.930. The number of halogens is 1. The van der Waals surface area contributed by atoms with Gasteiger partial charge in [-0.25, -0.2) is 0 Å². The quantitative estimate of drug-likeness (QED) is 0.898. The minimum Gasteiger partial charge on any atom is -0.489 e. The van der Waals surface area contributed by atoms with E-state index in [9.17, 15) is 5.11 Å². The summed E-state index contributed by atoms with van der Waals surface area (Å²) in [5, 5.41) is 9.97. The number of aliphatic hydroxyl groups excluding tert-OH is 1. The van der Waals surface area contributed by atoms with Gasteiger partial charge in [-0.1, -0.05) is 25.4 Å². The van der Waals surface area contributed by atoms with Crippen molar-refractivity contribution in [2.75, 3.05) is 13.2 Å². The molecule has 0 radical (unpaired) electrons. The lowest BCUT2D eigenvalue weighted by Gasteiger charge is -2.19. The fourth-order valence-electron chi connectivity index (χ4n) is 1.91. The maximum absolute atomic E-state index is 9.42. The lowest BCUT2D eigenvalue weighted by Crippen LogP contribution is -2.26. The van der Waals surface area contributed by atoms with Gasteiger partial charge in [-0.15, -0.1) is 0 Å². The van der Waals surface area contributed by atoms with Crippen molar-refractivity contribution in [3.05, 3.63) is 22.7 Å². The van der Waals surface area contributed by atoms with E-state index in [0.717, 1.165) is 5.56 Å². The van der Waals surface area contributed by atoms with E-state index in [1.807, 2.05) is 12.1 Å². The van der Waals surface area contributed by atoms with Crippen LogP contribution in [0.1, 0.15) is 26.3 Å². The van der Waals surface area contributed by atoms with Gasteiger partial charge in [-0.05, 0) is 31.0 Å². The summed E-state index contributed by atoms with van der Waals surface area (Å²) in [6.07, 6.45) is 0.155. The predicted octanol–water partition coefficient (Wildman–Crippen LogP) is 3.06. The van der Waals surface area contributed by atoms with Crippen LogP contribution in [0.2, 0.25) is 5.02 Å². The second-order valence-electron chi connectivity index (χ2n) is 5.70. The third kappa shape index (κ3) is 3.09. The molecule has 0 amide bonds. The summed E-state index contributed by atoms with van der Waals surface area (Å²) >= 11 is 6.21. The number of rotatable bonds is 2. The van der Waals surface area contributed by atoms with Crippen LogP contribution in [0.15, 0.2) is 12.1 Å². The zero-order valence-electron chi connectivity index (χ0n) is 11.0. The molecule has 1 aliphatic heterocycles. The van der Waals surface area contributed by atoms with Gasteiger partial charge < -0.3 is 14.6 Å². The molecule has 1 aromatic rings. The van der Waals surface area contributed by atoms with Crippen molar-refractivity contribution in [3.8, 4) is 11.5 Å². The molecule has 0 saturated carbocycles. The van der Waals surface area contributed by atoms with Crippen LogP contribution in [0, 0.1) is 5.41 Å². The van der Waals surface area contributed by atoms with Crippen LogP contribution in [-0.4, -0.2) is 24.4 Å². The Labute approximate surface area is 113 Å². The molecular weight excluding hydrogens is 252 g/mol. The van der Waals surface area contributed by atoms with Gasteiger partial charge in [0.1, 0.15) is 0 Å². The van der Waals surface area contributed by atoms with Crippen molar-refractivity contribution in [1.29, 1.82) is 0 Å². The van der Waals surface area contributed by atoms with Gasteiger partial charge in [0, 0.05) is 5.41 Å². The van der Waals surface area contributed by atoms with E-state index in [-0.39, 0.29) is 5.41 Å². The lowest BCUT2D eigenvalue weighted by atomic mass is 9.97. The van der Waals surface area contributed by atoms with Crippen molar-refractivity contribution in [2.45, 2.75) is 33.3 Å². The first-order valence-corrected chi connectivity index (χ1v) is 6.51. The molecule has 0 bridgehead atoms. The van der Waals surface area contributed by atoms with E-state index in [0.29, 0.717) is 36.2 Å². The Morgan fingerprint density at radius 3 is 2.67 bits per heavy atom. The highest BCUT2D eigenvalue weighted by Gasteiger charge is 2.26. The van der Waals surface area contributed by atoms with Crippen molar-refractivity contribution in [1.82, 2.24) is 0 Å². The maximum Gasteiger partial charge on any atom is 0.179 e. The molecule has 0 fully saturated rings. The van der Waals surface area contributed by atoms with E-state index in [4.69, 9.17) is 21.1 Å². The third-order valence-electron chi connectivity index (χ3n) is 2.83. The summed E-state index contributed by atoms with van der Waals surface area (Å²) in [7, 11) is 0. The molecule has 1 atom stereocenters. The average Bonchev–Trinajstić information content (AvgIpc) is 2.37. The summed E-state index contributed by atoms with van der Waals surface area (Å²) in [6, 6.07) is 3.73. The molecule has 0 spiro atoms. The first-order chi connectivity index (χ1) is 8.37. The van der Waals surface area contributed by atoms with Gasteiger partial charge in [0.15, 0.2) is 11.5 Å². The maximum atomic E-state index is 9.42. The number of fused-ring (bicyclic) bond motifs is 1. The molecular formula is C14H19ClO3. The summed E-state index contributed by atoms with van der Waals surface area (Å²) in [6.45, 7) is 7.09. The van der Waals surface area contributed by atoms with Crippen molar-refractivity contribution in [2.24, 2.45) is 5.41 Å². The Morgan fingerprint density at radius 1 is 1.33 bits per heavy atom. The molecule has 18 heavy (non-hydrogen) atoms. The van der Waals surface area contributed by atoms with Crippen molar-refractivity contribution >= 4 is 11.6 Å². The van der Waals surface area contributed by atoms with Crippen LogP contribution in [0.5, 0.6) is 11.5 Å². The van der Waals surface area contributed by atoms with E-state index in [1.54, 1.807) is 6.92 Å². The highest BCUT2D eigenvalue weighted by molar-refractivity contribution is 6.32. The van der Waals surface area contributed by atoms with Crippen LogP contribution in [0.4, 0.5) is 0 Å².